The third kappa shape index (κ3) is 4.84. The van der Waals surface area contributed by atoms with Crippen molar-refractivity contribution in [2.24, 2.45) is 0 Å². The Bertz CT molecular complexity index is 1170. The Kier molecular flexibility index (Phi) is 6.35. The molecule has 1 amide bonds. The van der Waals surface area contributed by atoms with Crippen LogP contribution in [0.3, 0.4) is 0 Å². The van der Waals surface area contributed by atoms with Gasteiger partial charge in [-0.15, -0.1) is 0 Å². The Balaban J connectivity index is 1.76. The number of methoxy groups -OCH3 is 1. The summed E-state index contributed by atoms with van der Waals surface area (Å²) in [5, 5.41) is 2.87. The Hall–Kier alpha value is -3.42. The number of carbonyl (C=O) groups is 1. The summed E-state index contributed by atoms with van der Waals surface area (Å²) in [6.45, 7) is 1.77. The van der Waals surface area contributed by atoms with Gasteiger partial charge in [-0.25, -0.2) is 18.2 Å². The van der Waals surface area contributed by atoms with Crippen LogP contribution >= 0.6 is 0 Å². The van der Waals surface area contributed by atoms with Gasteiger partial charge in [-0.1, -0.05) is 18.2 Å². The normalized spacial score (nSPS) is 15.8. The second-order valence-corrected chi connectivity index (χ2v) is 8.23. The van der Waals surface area contributed by atoms with Crippen LogP contribution in [0.25, 0.3) is 11.1 Å². The van der Waals surface area contributed by atoms with E-state index < -0.39 is 17.6 Å². The molecule has 2 heterocycles. The van der Waals surface area contributed by atoms with Crippen molar-refractivity contribution in [1.82, 2.24) is 9.97 Å². The molecule has 1 N–H and O–H groups in total. The molecule has 4 rings (SSSR count). The highest BCUT2D eigenvalue weighted by Gasteiger charge is 2.37. The van der Waals surface area contributed by atoms with Gasteiger partial charge in [0.2, 0.25) is 11.8 Å². The lowest BCUT2D eigenvalue weighted by molar-refractivity contribution is -0.0384. The molecule has 0 unspecified atom stereocenters. The number of amides is 1. The van der Waals surface area contributed by atoms with Gasteiger partial charge in [0.05, 0.1) is 24.1 Å². The van der Waals surface area contributed by atoms with E-state index in [1.165, 1.54) is 25.6 Å². The minimum absolute atomic E-state index is 0.229. The topological polar surface area (TPSA) is 64.1 Å². The number of pyridine rings is 2. The molecule has 0 atom stereocenters. The molecular weight excluding hydrogens is 431 g/mol. The molecule has 0 spiro atoms. The predicted octanol–water partition coefficient (Wildman–Crippen LogP) is 6.14. The van der Waals surface area contributed by atoms with Crippen molar-refractivity contribution < 1.29 is 22.7 Å². The molecular formula is C25H24F3N3O2. The molecule has 1 aliphatic carbocycles. The van der Waals surface area contributed by atoms with Gasteiger partial charge < -0.3 is 10.1 Å². The first-order chi connectivity index (χ1) is 15.8. The van der Waals surface area contributed by atoms with Gasteiger partial charge in [-0.05, 0) is 38.0 Å². The standard InChI is InChI=1S/C25H24F3N3O2/c1-15-13-17(14-30-24(15)33-2)23(32)31-22-19(18-5-3-4-6-20(18)26)9-12-29-21(22)16-7-10-25(27,28)11-8-16/h3-6,9,12-14,16H,7-8,10-11H2,1-2H3,(H,31,32). The van der Waals surface area contributed by atoms with E-state index in [-0.39, 0.29) is 37.2 Å². The number of aryl methyl sites for hydroxylation is 1. The molecule has 0 bridgehead atoms. The van der Waals surface area contributed by atoms with E-state index in [0.717, 1.165) is 0 Å². The maximum absolute atomic E-state index is 14.7. The Morgan fingerprint density at radius 1 is 1.12 bits per heavy atom. The van der Waals surface area contributed by atoms with Gasteiger partial charge in [0.15, 0.2) is 0 Å². The summed E-state index contributed by atoms with van der Waals surface area (Å²) in [6.07, 6.45) is 2.87. The average molecular weight is 455 g/mol. The Morgan fingerprint density at radius 3 is 2.52 bits per heavy atom. The molecule has 5 nitrogen and oxygen atoms in total. The van der Waals surface area contributed by atoms with E-state index >= 15 is 0 Å². The highest BCUT2D eigenvalue weighted by Crippen LogP contribution is 2.44. The number of anilines is 1. The molecule has 8 heteroatoms. The number of benzene rings is 1. The fraction of sp³-hybridized carbons (Fsp3) is 0.320. The van der Waals surface area contributed by atoms with Gasteiger partial charge in [-0.3, -0.25) is 9.78 Å². The first-order valence-electron chi connectivity index (χ1n) is 10.7. The zero-order valence-electron chi connectivity index (χ0n) is 18.4. The number of halogens is 3. The molecule has 1 aromatic carbocycles. The van der Waals surface area contributed by atoms with Crippen molar-refractivity contribution in [1.29, 1.82) is 0 Å². The van der Waals surface area contributed by atoms with Crippen molar-refractivity contribution in [3.63, 3.8) is 0 Å². The maximum atomic E-state index is 14.7. The third-order valence-electron chi connectivity index (χ3n) is 5.97. The fourth-order valence-electron chi connectivity index (χ4n) is 4.22. The minimum Gasteiger partial charge on any atom is -0.481 e. The number of nitrogens with one attached hydrogen (secondary N) is 1. The Morgan fingerprint density at radius 2 is 1.85 bits per heavy atom. The number of ether oxygens (including phenoxy) is 1. The van der Waals surface area contributed by atoms with Gasteiger partial charge in [0.1, 0.15) is 5.82 Å². The molecule has 0 saturated heterocycles. The Labute approximate surface area is 190 Å². The number of carbonyl (C=O) groups excluding carboxylic acids is 1. The van der Waals surface area contributed by atoms with E-state index in [9.17, 15) is 18.0 Å². The number of hydrogen-bond acceptors (Lipinski definition) is 4. The lowest BCUT2D eigenvalue weighted by atomic mass is 9.83. The molecule has 3 aromatic rings. The zero-order valence-corrected chi connectivity index (χ0v) is 18.4. The van der Waals surface area contributed by atoms with Crippen LogP contribution in [0.5, 0.6) is 5.88 Å². The van der Waals surface area contributed by atoms with Crippen LogP contribution in [0.15, 0.2) is 48.8 Å². The number of hydrogen-bond donors (Lipinski definition) is 1. The van der Waals surface area contributed by atoms with Crippen LogP contribution in [-0.4, -0.2) is 28.9 Å². The van der Waals surface area contributed by atoms with Gasteiger partial charge >= 0.3 is 0 Å². The van der Waals surface area contributed by atoms with Crippen molar-refractivity contribution in [3.05, 3.63) is 71.4 Å². The van der Waals surface area contributed by atoms with Crippen molar-refractivity contribution in [3.8, 4) is 17.0 Å². The van der Waals surface area contributed by atoms with E-state index in [2.05, 4.69) is 15.3 Å². The van der Waals surface area contributed by atoms with E-state index in [1.807, 2.05) is 0 Å². The highest BCUT2D eigenvalue weighted by atomic mass is 19.3. The molecule has 1 aliphatic rings. The number of rotatable bonds is 5. The molecule has 0 aliphatic heterocycles. The quantitative estimate of drug-likeness (QED) is 0.502. The van der Waals surface area contributed by atoms with Crippen LogP contribution in [0.1, 0.15) is 53.2 Å². The first-order valence-corrected chi connectivity index (χ1v) is 10.7. The molecule has 172 valence electrons. The van der Waals surface area contributed by atoms with Crippen molar-refractivity contribution in [2.75, 3.05) is 12.4 Å². The highest BCUT2D eigenvalue weighted by molar-refractivity contribution is 6.06. The van der Waals surface area contributed by atoms with Crippen molar-refractivity contribution >= 4 is 11.6 Å². The zero-order chi connectivity index (χ0) is 23.6. The summed E-state index contributed by atoms with van der Waals surface area (Å²) in [7, 11) is 1.49. The summed E-state index contributed by atoms with van der Waals surface area (Å²) in [5.74, 6) is -3.48. The monoisotopic (exact) mass is 455 g/mol. The molecule has 33 heavy (non-hydrogen) atoms. The average Bonchev–Trinajstić information content (AvgIpc) is 2.80. The second kappa shape index (κ2) is 9.21. The lowest BCUT2D eigenvalue weighted by Gasteiger charge is -2.29. The number of nitrogens with zero attached hydrogens (tertiary/aromatic N) is 2. The summed E-state index contributed by atoms with van der Waals surface area (Å²) in [6, 6.07) is 9.47. The van der Waals surface area contributed by atoms with Crippen molar-refractivity contribution in [2.45, 2.75) is 44.4 Å². The summed E-state index contributed by atoms with van der Waals surface area (Å²) < 4.78 is 47.3. The van der Waals surface area contributed by atoms with E-state index in [0.29, 0.717) is 34.0 Å². The van der Waals surface area contributed by atoms with Gasteiger partial charge in [-0.2, -0.15) is 0 Å². The largest absolute Gasteiger partial charge is 0.481 e. The molecule has 1 fully saturated rings. The van der Waals surface area contributed by atoms with Gasteiger partial charge in [0, 0.05) is 47.8 Å². The first kappa shape index (κ1) is 22.8. The third-order valence-corrected chi connectivity index (χ3v) is 5.97. The van der Waals surface area contributed by atoms with Gasteiger partial charge in [0.25, 0.3) is 5.91 Å². The number of aromatic nitrogens is 2. The summed E-state index contributed by atoms with van der Waals surface area (Å²) in [5.41, 5.74) is 2.52. The minimum atomic E-state index is -2.70. The van der Waals surface area contributed by atoms with Crippen LogP contribution in [0, 0.1) is 12.7 Å². The maximum Gasteiger partial charge on any atom is 0.257 e. The smallest absolute Gasteiger partial charge is 0.257 e. The van der Waals surface area contributed by atoms with Crippen LogP contribution < -0.4 is 10.1 Å². The molecule has 2 aromatic heterocycles. The second-order valence-electron chi connectivity index (χ2n) is 8.23. The summed E-state index contributed by atoms with van der Waals surface area (Å²) in [4.78, 5) is 21.7. The van der Waals surface area contributed by atoms with Crippen LogP contribution in [0.4, 0.5) is 18.9 Å². The van der Waals surface area contributed by atoms with Crippen LogP contribution in [0.2, 0.25) is 0 Å². The van der Waals surface area contributed by atoms with E-state index in [1.54, 1.807) is 37.3 Å². The van der Waals surface area contributed by atoms with Crippen LogP contribution in [-0.2, 0) is 0 Å². The molecule has 1 saturated carbocycles. The number of alkyl halides is 2. The SMILES string of the molecule is COc1ncc(C(=O)Nc2c(-c3ccccc3F)ccnc2C2CCC(F)(F)CC2)cc1C. The summed E-state index contributed by atoms with van der Waals surface area (Å²) >= 11 is 0. The predicted molar refractivity (Wildman–Crippen MR) is 119 cm³/mol. The van der Waals surface area contributed by atoms with E-state index in [4.69, 9.17) is 4.74 Å². The molecule has 0 radical (unpaired) electrons. The lowest BCUT2D eigenvalue weighted by Crippen LogP contribution is -2.25. The fourth-order valence-corrected chi connectivity index (χ4v) is 4.22.